The predicted octanol–water partition coefficient (Wildman–Crippen LogP) is 7.02. The Morgan fingerprint density at radius 1 is 1.07 bits per heavy atom. The second kappa shape index (κ2) is 9.37. The summed E-state index contributed by atoms with van der Waals surface area (Å²) < 4.78 is 45.6. The molecule has 1 aromatic heterocycles. The summed E-state index contributed by atoms with van der Waals surface area (Å²) in [7, 11) is 0. The fraction of sp³-hybridized carbons (Fsp3) is 0.471. The summed E-state index contributed by atoms with van der Waals surface area (Å²) in [5.74, 6) is -0.256. The van der Waals surface area contributed by atoms with Crippen molar-refractivity contribution in [2.45, 2.75) is 39.4 Å². The van der Waals surface area contributed by atoms with Crippen molar-refractivity contribution in [3.05, 3.63) is 38.7 Å². The molecule has 1 aromatic carbocycles. The Bertz CT molecular complexity index is 752. The molecule has 0 saturated heterocycles. The highest BCUT2D eigenvalue weighted by atomic mass is 35.5. The summed E-state index contributed by atoms with van der Waals surface area (Å²) in [4.78, 5) is 5.47. The summed E-state index contributed by atoms with van der Waals surface area (Å²) in [6, 6.07) is 2.49. The molecule has 0 amide bonds. The topological polar surface area (TPSA) is 41.3 Å². The summed E-state index contributed by atoms with van der Waals surface area (Å²) in [5.41, 5.74) is -0.897. The summed E-state index contributed by atoms with van der Waals surface area (Å²) in [6.45, 7) is 5.25. The molecule has 0 atom stereocenters. The van der Waals surface area contributed by atoms with Crippen molar-refractivity contribution in [1.82, 2.24) is 9.88 Å². The number of benzene rings is 1. The highest BCUT2D eigenvalue weighted by molar-refractivity contribution is 6.41. The van der Waals surface area contributed by atoms with Crippen LogP contribution in [0.1, 0.15) is 38.1 Å². The fourth-order valence-electron chi connectivity index (χ4n) is 2.61. The van der Waals surface area contributed by atoms with Gasteiger partial charge in [0.15, 0.2) is 11.5 Å². The lowest BCUT2D eigenvalue weighted by atomic mass is 10.3. The molecule has 150 valence electrons. The molecule has 2 aromatic rings. The maximum atomic E-state index is 13.4. The largest absolute Gasteiger partial charge is 0.436 e. The molecule has 27 heavy (non-hydrogen) atoms. The smallest absolute Gasteiger partial charge is 0.426 e. The van der Waals surface area contributed by atoms with Crippen LogP contribution in [0.2, 0.25) is 15.1 Å². The van der Waals surface area contributed by atoms with Gasteiger partial charge >= 0.3 is 6.18 Å². The highest BCUT2D eigenvalue weighted by Crippen LogP contribution is 2.38. The first-order valence-corrected chi connectivity index (χ1v) is 9.49. The molecule has 10 heteroatoms. The molecule has 1 N–H and O–H groups in total. The number of halogens is 6. The third-order valence-electron chi connectivity index (χ3n) is 3.65. The SMILES string of the molecule is CCCN(CCC)Cc1oc(Nc2c(Cl)cc(Cl)cc2Cl)nc1C(F)(F)F. The van der Waals surface area contributed by atoms with Crippen molar-refractivity contribution >= 4 is 46.5 Å². The van der Waals surface area contributed by atoms with Gasteiger partial charge in [-0.3, -0.25) is 4.90 Å². The maximum absolute atomic E-state index is 13.4. The van der Waals surface area contributed by atoms with Gasteiger partial charge in [-0.1, -0.05) is 48.7 Å². The van der Waals surface area contributed by atoms with Gasteiger partial charge in [0.05, 0.1) is 22.3 Å². The van der Waals surface area contributed by atoms with E-state index in [1.807, 2.05) is 18.7 Å². The highest BCUT2D eigenvalue weighted by Gasteiger charge is 2.39. The normalized spacial score (nSPS) is 12.0. The number of oxazole rings is 1. The van der Waals surface area contributed by atoms with Crippen molar-refractivity contribution in [3.8, 4) is 0 Å². The van der Waals surface area contributed by atoms with E-state index < -0.39 is 11.9 Å². The average molecular weight is 445 g/mol. The zero-order valence-electron chi connectivity index (χ0n) is 14.8. The monoisotopic (exact) mass is 443 g/mol. The zero-order chi connectivity index (χ0) is 20.2. The Labute approximate surface area is 170 Å². The number of rotatable bonds is 8. The van der Waals surface area contributed by atoms with Gasteiger partial charge in [-0.15, -0.1) is 0 Å². The molecule has 0 unspecified atom stereocenters. The van der Waals surface area contributed by atoms with Crippen LogP contribution >= 0.6 is 34.8 Å². The first-order chi connectivity index (χ1) is 12.7. The van der Waals surface area contributed by atoms with E-state index in [0.29, 0.717) is 18.1 Å². The van der Waals surface area contributed by atoms with Gasteiger partial charge in [0, 0.05) is 5.02 Å². The van der Waals surface area contributed by atoms with E-state index in [-0.39, 0.29) is 34.1 Å². The molecule has 0 spiro atoms. The molecule has 0 radical (unpaired) electrons. The third kappa shape index (κ3) is 5.91. The number of nitrogens with one attached hydrogen (secondary N) is 1. The second-order valence-corrected chi connectivity index (χ2v) is 7.18. The van der Waals surface area contributed by atoms with Crippen LogP contribution in [0, 0.1) is 0 Å². The van der Waals surface area contributed by atoms with E-state index in [2.05, 4.69) is 10.3 Å². The molecule has 0 fully saturated rings. The Balaban J connectivity index is 2.35. The van der Waals surface area contributed by atoms with Crippen molar-refractivity contribution in [2.75, 3.05) is 18.4 Å². The van der Waals surface area contributed by atoms with Crippen LogP contribution in [-0.4, -0.2) is 23.0 Å². The third-order valence-corrected chi connectivity index (χ3v) is 4.47. The first kappa shape index (κ1) is 22.1. The standard InChI is InChI=1S/C17H19Cl3F3N3O/c1-3-5-26(6-4-2)9-13-15(17(21,22)23)25-16(27-13)24-14-11(19)7-10(18)8-12(14)20/h7-8H,3-6,9H2,1-2H3,(H,24,25). The van der Waals surface area contributed by atoms with Gasteiger partial charge in [0.25, 0.3) is 6.01 Å². The predicted molar refractivity (Wildman–Crippen MR) is 102 cm³/mol. The minimum Gasteiger partial charge on any atom is -0.426 e. The molecule has 0 aliphatic heterocycles. The molecule has 4 nitrogen and oxygen atoms in total. The van der Waals surface area contributed by atoms with Crippen molar-refractivity contribution < 1.29 is 17.6 Å². The van der Waals surface area contributed by atoms with Crippen LogP contribution in [0.5, 0.6) is 0 Å². The number of alkyl halides is 3. The van der Waals surface area contributed by atoms with Gasteiger partial charge in [0.2, 0.25) is 0 Å². The Morgan fingerprint density at radius 2 is 1.63 bits per heavy atom. The van der Waals surface area contributed by atoms with E-state index in [9.17, 15) is 13.2 Å². The summed E-state index contributed by atoms with van der Waals surface area (Å²) in [5, 5.41) is 3.20. The van der Waals surface area contributed by atoms with Gasteiger partial charge in [0.1, 0.15) is 0 Å². The zero-order valence-corrected chi connectivity index (χ0v) is 17.0. The van der Waals surface area contributed by atoms with Gasteiger partial charge in [-0.05, 0) is 38.1 Å². The number of anilines is 2. The van der Waals surface area contributed by atoms with Crippen LogP contribution in [0.15, 0.2) is 16.5 Å². The Morgan fingerprint density at radius 3 is 2.11 bits per heavy atom. The van der Waals surface area contributed by atoms with Crippen LogP contribution in [0.3, 0.4) is 0 Å². The van der Waals surface area contributed by atoms with Crippen molar-refractivity contribution in [3.63, 3.8) is 0 Å². The minimum absolute atomic E-state index is 0.00723. The fourth-order valence-corrected chi connectivity index (χ4v) is 3.52. The number of hydrogen-bond acceptors (Lipinski definition) is 4. The average Bonchev–Trinajstić information content (AvgIpc) is 2.94. The summed E-state index contributed by atoms with van der Waals surface area (Å²) >= 11 is 18.0. The van der Waals surface area contributed by atoms with Gasteiger partial charge < -0.3 is 9.73 Å². The quantitative estimate of drug-likeness (QED) is 0.475. The second-order valence-electron chi connectivity index (χ2n) is 5.93. The lowest BCUT2D eigenvalue weighted by molar-refractivity contribution is -0.142. The molecule has 0 aliphatic rings. The van der Waals surface area contributed by atoms with Gasteiger partial charge in [-0.2, -0.15) is 18.2 Å². The van der Waals surface area contributed by atoms with E-state index in [0.717, 1.165) is 12.8 Å². The number of aromatic nitrogens is 1. The lowest BCUT2D eigenvalue weighted by Gasteiger charge is -2.20. The maximum Gasteiger partial charge on any atom is 0.436 e. The molecule has 1 heterocycles. The van der Waals surface area contributed by atoms with Gasteiger partial charge in [-0.25, -0.2) is 0 Å². The van der Waals surface area contributed by atoms with Crippen molar-refractivity contribution in [1.29, 1.82) is 0 Å². The van der Waals surface area contributed by atoms with E-state index in [1.165, 1.54) is 12.1 Å². The Kier molecular flexibility index (Phi) is 7.68. The number of nitrogens with zero attached hydrogens (tertiary/aromatic N) is 2. The lowest BCUT2D eigenvalue weighted by Crippen LogP contribution is -2.26. The van der Waals surface area contributed by atoms with Crippen LogP contribution in [0.25, 0.3) is 0 Å². The molecule has 2 rings (SSSR count). The molecular formula is C17H19Cl3F3N3O. The van der Waals surface area contributed by atoms with Crippen LogP contribution in [0.4, 0.5) is 24.9 Å². The number of hydrogen-bond donors (Lipinski definition) is 1. The van der Waals surface area contributed by atoms with E-state index in [4.69, 9.17) is 39.2 Å². The first-order valence-electron chi connectivity index (χ1n) is 8.36. The Hall–Kier alpha value is -1.15. The van der Waals surface area contributed by atoms with Crippen molar-refractivity contribution in [2.24, 2.45) is 0 Å². The summed E-state index contributed by atoms with van der Waals surface area (Å²) in [6.07, 6.45) is -3.01. The van der Waals surface area contributed by atoms with Crippen LogP contribution in [-0.2, 0) is 12.7 Å². The molecule has 0 saturated carbocycles. The molecule has 0 aliphatic carbocycles. The van der Waals surface area contributed by atoms with E-state index in [1.54, 1.807) is 0 Å². The van der Waals surface area contributed by atoms with Crippen LogP contribution < -0.4 is 5.32 Å². The molecule has 0 bridgehead atoms. The van der Waals surface area contributed by atoms with E-state index >= 15 is 0 Å². The minimum atomic E-state index is -4.64. The molecular weight excluding hydrogens is 426 g/mol.